The third kappa shape index (κ3) is 6.11. The van der Waals surface area contributed by atoms with E-state index < -0.39 is 0 Å². The molecule has 2 aliphatic heterocycles. The van der Waals surface area contributed by atoms with Crippen molar-refractivity contribution >= 4 is 11.8 Å². The van der Waals surface area contributed by atoms with E-state index in [2.05, 4.69) is 33.1 Å². The molecule has 0 spiro atoms. The van der Waals surface area contributed by atoms with Gasteiger partial charge in [-0.2, -0.15) is 4.98 Å². The Morgan fingerprint density at radius 1 is 1.04 bits per heavy atom. The van der Waals surface area contributed by atoms with Crippen LogP contribution in [0.2, 0.25) is 0 Å². The van der Waals surface area contributed by atoms with Gasteiger partial charge in [-0.15, -0.1) is 0 Å². The van der Waals surface area contributed by atoms with E-state index in [1.165, 1.54) is 77.3 Å². The molecule has 2 fully saturated rings. The molecule has 1 N–H and O–H groups in total. The second-order valence-electron chi connectivity index (χ2n) is 7.98. The first kappa shape index (κ1) is 19.4. The van der Waals surface area contributed by atoms with Crippen LogP contribution in [-0.2, 0) is 0 Å². The van der Waals surface area contributed by atoms with Crippen LogP contribution in [0.1, 0.15) is 71.1 Å². The summed E-state index contributed by atoms with van der Waals surface area (Å²) in [5.41, 5.74) is 0. The van der Waals surface area contributed by atoms with Crippen LogP contribution in [0.4, 0.5) is 11.8 Å². The van der Waals surface area contributed by atoms with Gasteiger partial charge < -0.3 is 15.1 Å². The normalized spacial score (nSPS) is 22.2. The van der Waals surface area contributed by atoms with Crippen molar-refractivity contribution in [1.82, 2.24) is 14.9 Å². The van der Waals surface area contributed by atoms with Crippen LogP contribution in [-0.4, -0.2) is 53.6 Å². The number of hydrogen-bond donors (Lipinski definition) is 1. The molecule has 5 heteroatoms. The molecule has 26 heavy (non-hydrogen) atoms. The Morgan fingerprint density at radius 2 is 1.88 bits per heavy atom. The Kier molecular flexibility index (Phi) is 7.99. The van der Waals surface area contributed by atoms with Gasteiger partial charge in [0.25, 0.3) is 0 Å². The summed E-state index contributed by atoms with van der Waals surface area (Å²) in [6.45, 7) is 8.16. The molecular weight excluding hydrogens is 322 g/mol. The molecular formula is C21H37N5. The number of unbranched alkanes of at least 4 members (excludes halogenated alkanes) is 3. The highest BCUT2D eigenvalue weighted by Crippen LogP contribution is 2.20. The van der Waals surface area contributed by atoms with Crippen LogP contribution in [0.15, 0.2) is 12.3 Å². The Balaban J connectivity index is 1.50. The zero-order valence-electron chi connectivity index (χ0n) is 16.6. The average Bonchev–Trinajstić information content (AvgIpc) is 2.95. The van der Waals surface area contributed by atoms with Crippen molar-refractivity contribution in [2.45, 2.75) is 77.2 Å². The first-order valence-electron chi connectivity index (χ1n) is 10.9. The van der Waals surface area contributed by atoms with Crippen LogP contribution in [0.3, 0.4) is 0 Å². The average molecular weight is 360 g/mol. The number of piperidine rings is 1. The number of hydrogen-bond acceptors (Lipinski definition) is 5. The third-order valence-electron chi connectivity index (χ3n) is 5.74. The predicted octanol–water partition coefficient (Wildman–Crippen LogP) is 4.31. The number of anilines is 2. The van der Waals surface area contributed by atoms with Gasteiger partial charge in [0.05, 0.1) is 0 Å². The van der Waals surface area contributed by atoms with Crippen molar-refractivity contribution in [3.63, 3.8) is 0 Å². The molecule has 1 aromatic rings. The summed E-state index contributed by atoms with van der Waals surface area (Å²) in [4.78, 5) is 14.4. The van der Waals surface area contributed by atoms with E-state index >= 15 is 0 Å². The van der Waals surface area contributed by atoms with Gasteiger partial charge in [0.1, 0.15) is 5.82 Å². The number of nitrogens with zero attached hydrogens (tertiary/aromatic N) is 4. The molecule has 1 unspecified atom stereocenters. The van der Waals surface area contributed by atoms with Crippen LogP contribution >= 0.6 is 0 Å². The van der Waals surface area contributed by atoms with Crippen LogP contribution < -0.4 is 10.2 Å². The number of nitrogens with one attached hydrogen (secondary N) is 1. The fraction of sp³-hybridized carbons (Fsp3) is 0.810. The van der Waals surface area contributed by atoms with E-state index in [0.29, 0.717) is 6.04 Å². The summed E-state index contributed by atoms with van der Waals surface area (Å²) >= 11 is 0. The standard InChI is InChI=1S/C21H37N5/c1-2-3-4-7-14-25-15-10-11-19(18-25)23-21-22-13-12-20(24-21)26-16-8-5-6-9-17-26/h12-13,19H,2-11,14-18H2,1H3,(H,22,23,24). The zero-order valence-corrected chi connectivity index (χ0v) is 16.6. The number of rotatable bonds is 8. The van der Waals surface area contributed by atoms with E-state index in [1.54, 1.807) is 0 Å². The van der Waals surface area contributed by atoms with E-state index in [0.717, 1.165) is 31.4 Å². The van der Waals surface area contributed by atoms with E-state index in [1.807, 2.05) is 6.20 Å². The molecule has 5 nitrogen and oxygen atoms in total. The van der Waals surface area contributed by atoms with Crippen molar-refractivity contribution < 1.29 is 0 Å². The van der Waals surface area contributed by atoms with Gasteiger partial charge >= 0.3 is 0 Å². The largest absolute Gasteiger partial charge is 0.356 e. The lowest BCUT2D eigenvalue weighted by atomic mass is 10.1. The van der Waals surface area contributed by atoms with Crippen molar-refractivity contribution in [3.8, 4) is 0 Å². The summed E-state index contributed by atoms with van der Waals surface area (Å²) in [7, 11) is 0. The first-order valence-corrected chi connectivity index (χ1v) is 10.9. The minimum atomic E-state index is 0.481. The molecule has 146 valence electrons. The molecule has 0 bridgehead atoms. The quantitative estimate of drug-likeness (QED) is 0.701. The van der Waals surface area contributed by atoms with Gasteiger partial charge in [0.15, 0.2) is 0 Å². The summed E-state index contributed by atoms with van der Waals surface area (Å²) in [5, 5.41) is 3.62. The molecule has 0 radical (unpaired) electrons. The molecule has 2 saturated heterocycles. The summed E-state index contributed by atoms with van der Waals surface area (Å²) in [5.74, 6) is 1.90. The lowest BCUT2D eigenvalue weighted by Crippen LogP contribution is -2.42. The maximum atomic E-state index is 4.83. The van der Waals surface area contributed by atoms with Crippen LogP contribution in [0.5, 0.6) is 0 Å². The third-order valence-corrected chi connectivity index (χ3v) is 5.74. The molecule has 0 amide bonds. The van der Waals surface area contributed by atoms with Crippen molar-refractivity contribution in [2.75, 3.05) is 42.9 Å². The predicted molar refractivity (Wildman–Crippen MR) is 110 cm³/mol. The molecule has 3 rings (SSSR count). The molecule has 0 aliphatic carbocycles. The Hall–Kier alpha value is -1.36. The second kappa shape index (κ2) is 10.7. The molecule has 0 aromatic carbocycles. The van der Waals surface area contributed by atoms with E-state index in [-0.39, 0.29) is 0 Å². The van der Waals surface area contributed by atoms with Crippen LogP contribution in [0, 0.1) is 0 Å². The summed E-state index contributed by atoms with van der Waals surface area (Å²) in [6, 6.07) is 2.55. The maximum Gasteiger partial charge on any atom is 0.224 e. The van der Waals surface area contributed by atoms with Gasteiger partial charge in [-0.05, 0) is 51.3 Å². The second-order valence-corrected chi connectivity index (χ2v) is 7.98. The lowest BCUT2D eigenvalue weighted by Gasteiger charge is -2.33. The van der Waals surface area contributed by atoms with Gasteiger partial charge in [0, 0.05) is 31.9 Å². The highest BCUT2D eigenvalue weighted by Gasteiger charge is 2.20. The topological polar surface area (TPSA) is 44.3 Å². The fourth-order valence-corrected chi connectivity index (χ4v) is 4.22. The number of likely N-dealkylation sites (tertiary alicyclic amines) is 1. The van der Waals surface area contributed by atoms with Crippen molar-refractivity contribution in [3.05, 3.63) is 12.3 Å². The van der Waals surface area contributed by atoms with E-state index in [9.17, 15) is 0 Å². The van der Waals surface area contributed by atoms with Gasteiger partial charge in [0.2, 0.25) is 5.95 Å². The lowest BCUT2D eigenvalue weighted by molar-refractivity contribution is 0.212. The van der Waals surface area contributed by atoms with E-state index in [4.69, 9.17) is 4.98 Å². The number of aromatic nitrogens is 2. The van der Waals surface area contributed by atoms with Gasteiger partial charge in [-0.1, -0.05) is 39.0 Å². The first-order chi connectivity index (χ1) is 12.8. The minimum Gasteiger partial charge on any atom is -0.356 e. The molecule has 1 aromatic heterocycles. The smallest absolute Gasteiger partial charge is 0.224 e. The maximum absolute atomic E-state index is 4.83. The summed E-state index contributed by atoms with van der Waals surface area (Å²) < 4.78 is 0. The minimum absolute atomic E-state index is 0.481. The Bertz CT molecular complexity index is 513. The molecule has 3 heterocycles. The molecule has 1 atom stereocenters. The molecule has 2 aliphatic rings. The SMILES string of the molecule is CCCCCCN1CCCC(Nc2nccc(N3CCCCCC3)n2)C1. The van der Waals surface area contributed by atoms with Gasteiger partial charge in [-0.3, -0.25) is 0 Å². The zero-order chi connectivity index (χ0) is 18.0. The van der Waals surface area contributed by atoms with Gasteiger partial charge in [-0.25, -0.2) is 4.98 Å². The fourth-order valence-electron chi connectivity index (χ4n) is 4.22. The highest BCUT2D eigenvalue weighted by molar-refractivity contribution is 5.43. The Morgan fingerprint density at radius 3 is 2.69 bits per heavy atom. The van der Waals surface area contributed by atoms with Crippen molar-refractivity contribution in [1.29, 1.82) is 0 Å². The monoisotopic (exact) mass is 359 g/mol. The van der Waals surface area contributed by atoms with Crippen LogP contribution in [0.25, 0.3) is 0 Å². The Labute approximate surface area is 159 Å². The summed E-state index contributed by atoms with van der Waals surface area (Å²) in [6.07, 6.45) is 15.1. The molecule has 0 saturated carbocycles. The van der Waals surface area contributed by atoms with Crippen molar-refractivity contribution in [2.24, 2.45) is 0 Å². The highest BCUT2D eigenvalue weighted by atomic mass is 15.2.